The molecule has 0 aliphatic rings. The predicted octanol–water partition coefficient (Wildman–Crippen LogP) is 3.02. The fourth-order valence-corrected chi connectivity index (χ4v) is 2.05. The molecule has 0 bridgehead atoms. The van der Waals surface area contributed by atoms with Crippen LogP contribution in [-0.2, 0) is 0 Å². The topological polar surface area (TPSA) is 42.1 Å². The highest BCUT2D eigenvalue weighted by Gasteiger charge is 2.10. The second-order valence-electron chi connectivity index (χ2n) is 4.42. The van der Waals surface area contributed by atoms with Gasteiger partial charge in [-0.15, -0.1) is 0 Å². The third-order valence-electron chi connectivity index (χ3n) is 3.32. The second kappa shape index (κ2) is 4.69. The first-order valence-corrected chi connectivity index (χ1v) is 5.92. The first-order chi connectivity index (χ1) is 8.56. The van der Waals surface area contributed by atoms with Gasteiger partial charge in [-0.25, -0.2) is 0 Å². The minimum atomic E-state index is -0.0380. The largest absolute Gasteiger partial charge is 0.489 e. The van der Waals surface area contributed by atoms with Gasteiger partial charge < -0.3 is 9.72 Å². The van der Waals surface area contributed by atoms with Crippen molar-refractivity contribution in [2.45, 2.75) is 20.8 Å². The second-order valence-corrected chi connectivity index (χ2v) is 4.42. The summed E-state index contributed by atoms with van der Waals surface area (Å²) in [6, 6.07) is 3.92. The van der Waals surface area contributed by atoms with Gasteiger partial charge in [0, 0.05) is 16.5 Å². The predicted molar refractivity (Wildman–Crippen MR) is 74.5 cm³/mol. The van der Waals surface area contributed by atoms with Crippen molar-refractivity contribution >= 4 is 10.9 Å². The molecular formula is C15H17NO2. The maximum Gasteiger partial charge on any atom is 0.251 e. The van der Waals surface area contributed by atoms with Gasteiger partial charge in [-0.05, 0) is 38.5 Å². The summed E-state index contributed by atoms with van der Waals surface area (Å²) in [5, 5.41) is 1.07. The van der Waals surface area contributed by atoms with Gasteiger partial charge in [0.1, 0.15) is 12.4 Å². The molecule has 1 aromatic heterocycles. The molecule has 18 heavy (non-hydrogen) atoms. The number of pyridine rings is 1. The molecule has 1 aromatic carbocycles. The summed E-state index contributed by atoms with van der Waals surface area (Å²) < 4.78 is 5.56. The van der Waals surface area contributed by atoms with E-state index < -0.39 is 0 Å². The Hall–Kier alpha value is -2.03. The Morgan fingerprint density at radius 1 is 1.22 bits per heavy atom. The summed E-state index contributed by atoms with van der Waals surface area (Å²) in [4.78, 5) is 14.7. The summed E-state index contributed by atoms with van der Waals surface area (Å²) in [6.07, 6.45) is 1.70. The Kier molecular flexibility index (Phi) is 3.24. The van der Waals surface area contributed by atoms with Crippen molar-refractivity contribution < 1.29 is 4.74 Å². The summed E-state index contributed by atoms with van der Waals surface area (Å²) in [6.45, 7) is 9.84. The van der Waals surface area contributed by atoms with Crippen molar-refractivity contribution in [2.24, 2.45) is 0 Å². The van der Waals surface area contributed by atoms with Gasteiger partial charge in [-0.2, -0.15) is 0 Å². The van der Waals surface area contributed by atoms with Crippen molar-refractivity contribution in [2.75, 3.05) is 6.61 Å². The number of ether oxygens (including phenoxy) is 1. The summed E-state index contributed by atoms with van der Waals surface area (Å²) >= 11 is 0. The minimum absolute atomic E-state index is 0.0380. The molecule has 1 heterocycles. The van der Waals surface area contributed by atoms with E-state index >= 15 is 0 Å². The van der Waals surface area contributed by atoms with E-state index in [2.05, 4.69) is 11.6 Å². The van der Waals surface area contributed by atoms with Crippen LogP contribution in [0.4, 0.5) is 0 Å². The molecule has 0 saturated heterocycles. The van der Waals surface area contributed by atoms with Gasteiger partial charge in [0.05, 0.1) is 5.52 Å². The van der Waals surface area contributed by atoms with Crippen LogP contribution in [0.15, 0.2) is 29.6 Å². The lowest BCUT2D eigenvalue weighted by molar-refractivity contribution is 0.361. The Bertz CT molecular complexity index is 668. The average Bonchev–Trinajstić information content (AvgIpc) is 2.36. The number of aromatic nitrogens is 1. The van der Waals surface area contributed by atoms with Crippen LogP contribution in [0.3, 0.4) is 0 Å². The van der Waals surface area contributed by atoms with E-state index in [0.29, 0.717) is 6.61 Å². The number of aryl methyl sites for hydroxylation is 2. The number of H-pyrrole nitrogens is 1. The highest BCUT2D eigenvalue weighted by atomic mass is 16.5. The monoisotopic (exact) mass is 243 g/mol. The van der Waals surface area contributed by atoms with Crippen LogP contribution in [0.5, 0.6) is 5.75 Å². The molecule has 1 N–H and O–H groups in total. The summed E-state index contributed by atoms with van der Waals surface area (Å²) in [7, 11) is 0. The highest BCUT2D eigenvalue weighted by Crippen LogP contribution is 2.27. The van der Waals surface area contributed by atoms with E-state index in [0.717, 1.165) is 33.3 Å². The molecule has 0 atom stereocenters. The molecule has 0 spiro atoms. The standard InChI is InChI=1S/C15H17NO2/c1-5-8-18-13-7-6-12-9(2)10(3)15(17)16-14(12)11(13)4/h5-7H,1,8H2,2-4H3,(H,16,17). The lowest BCUT2D eigenvalue weighted by Gasteiger charge is -2.12. The molecular weight excluding hydrogens is 226 g/mol. The fraction of sp³-hybridized carbons (Fsp3) is 0.267. The van der Waals surface area contributed by atoms with Crippen molar-refractivity contribution in [1.82, 2.24) is 4.98 Å². The summed E-state index contributed by atoms with van der Waals surface area (Å²) in [5.74, 6) is 0.779. The van der Waals surface area contributed by atoms with Crippen molar-refractivity contribution in [1.29, 1.82) is 0 Å². The van der Waals surface area contributed by atoms with E-state index in [9.17, 15) is 4.79 Å². The third kappa shape index (κ3) is 1.92. The number of aromatic amines is 1. The van der Waals surface area contributed by atoms with Gasteiger partial charge >= 0.3 is 0 Å². The van der Waals surface area contributed by atoms with E-state index in [-0.39, 0.29) is 5.56 Å². The molecule has 0 unspecified atom stereocenters. The Balaban J connectivity index is 2.71. The Labute approximate surface area is 106 Å². The molecule has 0 aliphatic heterocycles. The highest BCUT2D eigenvalue weighted by molar-refractivity contribution is 5.87. The number of nitrogens with one attached hydrogen (secondary N) is 1. The first-order valence-electron chi connectivity index (χ1n) is 5.92. The first kappa shape index (κ1) is 12.4. The summed E-state index contributed by atoms with van der Waals surface area (Å²) in [5.41, 5.74) is 3.55. The van der Waals surface area contributed by atoms with Crippen molar-refractivity contribution in [3.05, 3.63) is 51.8 Å². The van der Waals surface area contributed by atoms with Crippen LogP contribution in [0.1, 0.15) is 16.7 Å². The van der Waals surface area contributed by atoms with Gasteiger partial charge in [0.25, 0.3) is 5.56 Å². The molecule has 0 fully saturated rings. The quantitative estimate of drug-likeness (QED) is 0.842. The van der Waals surface area contributed by atoms with Gasteiger partial charge in [-0.3, -0.25) is 4.79 Å². The van der Waals surface area contributed by atoms with Crippen LogP contribution in [0.2, 0.25) is 0 Å². The Morgan fingerprint density at radius 2 is 1.94 bits per heavy atom. The lowest BCUT2D eigenvalue weighted by atomic mass is 10.0. The zero-order valence-corrected chi connectivity index (χ0v) is 11.0. The van der Waals surface area contributed by atoms with Crippen molar-refractivity contribution in [3.8, 4) is 5.75 Å². The average molecular weight is 243 g/mol. The molecule has 2 aromatic rings. The van der Waals surface area contributed by atoms with Crippen LogP contribution in [0, 0.1) is 20.8 Å². The zero-order valence-electron chi connectivity index (χ0n) is 11.0. The van der Waals surface area contributed by atoms with E-state index in [1.807, 2.05) is 32.9 Å². The molecule has 0 aliphatic carbocycles. The number of hydrogen-bond acceptors (Lipinski definition) is 2. The maximum atomic E-state index is 11.8. The molecule has 3 nitrogen and oxygen atoms in total. The van der Waals surface area contributed by atoms with Crippen LogP contribution >= 0.6 is 0 Å². The smallest absolute Gasteiger partial charge is 0.251 e. The van der Waals surface area contributed by atoms with E-state index in [1.54, 1.807) is 6.08 Å². The van der Waals surface area contributed by atoms with Gasteiger partial charge in [-0.1, -0.05) is 12.7 Å². The van der Waals surface area contributed by atoms with E-state index in [1.165, 1.54) is 0 Å². The third-order valence-corrected chi connectivity index (χ3v) is 3.32. The number of hydrogen-bond donors (Lipinski definition) is 1. The number of benzene rings is 1. The van der Waals surface area contributed by atoms with Gasteiger partial charge in [0.15, 0.2) is 0 Å². The normalized spacial score (nSPS) is 10.6. The SMILES string of the molecule is C=CCOc1ccc2c(C)c(C)c(=O)[nH]c2c1C. The molecule has 3 heteroatoms. The van der Waals surface area contributed by atoms with Crippen LogP contribution in [-0.4, -0.2) is 11.6 Å². The minimum Gasteiger partial charge on any atom is -0.489 e. The number of fused-ring (bicyclic) bond motifs is 1. The van der Waals surface area contributed by atoms with E-state index in [4.69, 9.17) is 4.74 Å². The molecule has 0 saturated carbocycles. The fourth-order valence-electron chi connectivity index (χ4n) is 2.05. The van der Waals surface area contributed by atoms with Crippen LogP contribution in [0.25, 0.3) is 10.9 Å². The van der Waals surface area contributed by atoms with Crippen LogP contribution < -0.4 is 10.3 Å². The van der Waals surface area contributed by atoms with Gasteiger partial charge in [0.2, 0.25) is 0 Å². The zero-order chi connectivity index (χ0) is 13.3. The Morgan fingerprint density at radius 3 is 2.61 bits per heavy atom. The number of rotatable bonds is 3. The molecule has 94 valence electrons. The molecule has 0 radical (unpaired) electrons. The molecule has 0 amide bonds. The molecule has 2 rings (SSSR count). The lowest BCUT2D eigenvalue weighted by Crippen LogP contribution is -2.12. The maximum absolute atomic E-state index is 11.8. The van der Waals surface area contributed by atoms with Crippen molar-refractivity contribution in [3.63, 3.8) is 0 Å².